The SMILES string of the molecule is O=C1OCCCN1NCc1nc(C(F)(F)F)cs1. The van der Waals surface area contributed by atoms with Gasteiger partial charge < -0.3 is 4.74 Å². The molecule has 2 rings (SSSR count). The minimum Gasteiger partial charge on any atom is -0.448 e. The minimum atomic E-state index is -4.43. The average molecular weight is 281 g/mol. The fourth-order valence-corrected chi connectivity index (χ4v) is 2.11. The molecular weight excluding hydrogens is 271 g/mol. The Morgan fingerprint density at radius 1 is 1.56 bits per heavy atom. The van der Waals surface area contributed by atoms with Crippen LogP contribution in [0.2, 0.25) is 0 Å². The van der Waals surface area contributed by atoms with E-state index >= 15 is 0 Å². The first-order chi connectivity index (χ1) is 8.47. The van der Waals surface area contributed by atoms with Gasteiger partial charge >= 0.3 is 12.3 Å². The van der Waals surface area contributed by atoms with Crippen molar-refractivity contribution < 1.29 is 22.7 Å². The normalized spacial score (nSPS) is 16.8. The highest BCUT2D eigenvalue weighted by atomic mass is 32.1. The lowest BCUT2D eigenvalue weighted by atomic mass is 10.4. The molecule has 1 aliphatic heterocycles. The van der Waals surface area contributed by atoms with E-state index in [4.69, 9.17) is 4.74 Å². The van der Waals surface area contributed by atoms with Crippen molar-refractivity contribution in [3.63, 3.8) is 0 Å². The molecule has 9 heteroatoms. The van der Waals surface area contributed by atoms with Crippen LogP contribution in [-0.4, -0.2) is 29.2 Å². The molecule has 1 aliphatic rings. The second-order valence-corrected chi connectivity index (χ2v) is 4.52. The summed E-state index contributed by atoms with van der Waals surface area (Å²) in [5, 5.41) is 2.45. The van der Waals surface area contributed by atoms with Crippen molar-refractivity contribution in [3.05, 3.63) is 16.1 Å². The summed E-state index contributed by atoms with van der Waals surface area (Å²) in [7, 11) is 0. The van der Waals surface area contributed by atoms with Gasteiger partial charge in [0, 0.05) is 18.3 Å². The predicted octanol–water partition coefficient (Wildman–Crippen LogP) is 2.01. The summed E-state index contributed by atoms with van der Waals surface area (Å²) in [6.45, 7) is 0.901. The Balaban J connectivity index is 1.90. The molecule has 1 aromatic heterocycles. The van der Waals surface area contributed by atoms with Gasteiger partial charge in [0.15, 0.2) is 5.69 Å². The van der Waals surface area contributed by atoms with Gasteiger partial charge in [0.1, 0.15) is 5.01 Å². The average Bonchev–Trinajstić information content (AvgIpc) is 2.76. The van der Waals surface area contributed by atoms with Crippen LogP contribution in [0.25, 0.3) is 0 Å². The van der Waals surface area contributed by atoms with Gasteiger partial charge in [-0.3, -0.25) is 0 Å². The number of alkyl halides is 3. The first-order valence-electron chi connectivity index (χ1n) is 5.16. The number of aromatic nitrogens is 1. The van der Waals surface area contributed by atoms with Crippen LogP contribution in [0.1, 0.15) is 17.1 Å². The number of rotatable bonds is 3. The Labute approximate surface area is 105 Å². The third kappa shape index (κ3) is 3.10. The molecule has 0 aliphatic carbocycles. The van der Waals surface area contributed by atoms with Gasteiger partial charge in [0.2, 0.25) is 0 Å². The third-order valence-electron chi connectivity index (χ3n) is 2.24. The number of hydrogen-bond acceptors (Lipinski definition) is 5. The van der Waals surface area contributed by atoms with E-state index in [1.54, 1.807) is 0 Å². The summed E-state index contributed by atoms with van der Waals surface area (Å²) in [6, 6.07) is 0. The number of nitrogens with one attached hydrogen (secondary N) is 1. The molecule has 0 spiro atoms. The van der Waals surface area contributed by atoms with Gasteiger partial charge in [-0.25, -0.2) is 20.2 Å². The highest BCUT2D eigenvalue weighted by Gasteiger charge is 2.33. The fourth-order valence-electron chi connectivity index (χ4n) is 1.38. The molecule has 100 valence electrons. The number of hydrogen-bond donors (Lipinski definition) is 1. The largest absolute Gasteiger partial charge is 0.448 e. The maximum atomic E-state index is 12.3. The zero-order valence-corrected chi connectivity index (χ0v) is 9.98. The van der Waals surface area contributed by atoms with Crippen molar-refractivity contribution in [1.82, 2.24) is 15.4 Å². The molecule has 1 aromatic rings. The number of nitrogens with zero attached hydrogens (tertiary/aromatic N) is 2. The Morgan fingerprint density at radius 2 is 2.33 bits per heavy atom. The van der Waals surface area contributed by atoms with Gasteiger partial charge in [-0.2, -0.15) is 13.2 Å². The van der Waals surface area contributed by atoms with E-state index in [-0.39, 0.29) is 11.6 Å². The number of amides is 1. The van der Waals surface area contributed by atoms with E-state index in [2.05, 4.69) is 10.4 Å². The lowest BCUT2D eigenvalue weighted by Gasteiger charge is -2.26. The van der Waals surface area contributed by atoms with Gasteiger partial charge in [0.25, 0.3) is 0 Å². The first-order valence-corrected chi connectivity index (χ1v) is 6.04. The third-order valence-corrected chi connectivity index (χ3v) is 3.08. The van der Waals surface area contributed by atoms with Crippen LogP contribution in [0.15, 0.2) is 5.38 Å². The topological polar surface area (TPSA) is 54.5 Å². The fraction of sp³-hybridized carbons (Fsp3) is 0.556. The molecule has 0 aromatic carbocycles. The molecule has 0 atom stereocenters. The van der Waals surface area contributed by atoms with Crippen molar-refractivity contribution in [2.45, 2.75) is 19.1 Å². The highest BCUT2D eigenvalue weighted by molar-refractivity contribution is 7.09. The van der Waals surface area contributed by atoms with Crippen LogP contribution >= 0.6 is 11.3 Å². The zero-order valence-electron chi connectivity index (χ0n) is 9.16. The molecule has 0 radical (unpaired) electrons. The summed E-state index contributed by atoms with van der Waals surface area (Å²) in [6.07, 6.45) is -4.27. The summed E-state index contributed by atoms with van der Waals surface area (Å²) in [4.78, 5) is 14.7. The lowest BCUT2D eigenvalue weighted by molar-refractivity contribution is -0.140. The molecule has 0 saturated carbocycles. The number of carbonyl (C=O) groups is 1. The van der Waals surface area contributed by atoms with E-state index < -0.39 is 18.0 Å². The van der Waals surface area contributed by atoms with Gasteiger partial charge in [0.05, 0.1) is 13.2 Å². The molecule has 0 unspecified atom stereocenters. The van der Waals surface area contributed by atoms with Crippen molar-refractivity contribution in [2.24, 2.45) is 0 Å². The van der Waals surface area contributed by atoms with Crippen LogP contribution in [0.3, 0.4) is 0 Å². The maximum Gasteiger partial charge on any atom is 0.434 e. The number of ether oxygens (including phenoxy) is 1. The van der Waals surface area contributed by atoms with Gasteiger partial charge in [-0.1, -0.05) is 0 Å². The molecule has 1 N–H and O–H groups in total. The van der Waals surface area contributed by atoms with Crippen LogP contribution in [-0.2, 0) is 17.5 Å². The molecule has 2 heterocycles. The van der Waals surface area contributed by atoms with Crippen LogP contribution in [0, 0.1) is 0 Å². The number of hydrazine groups is 1. The molecule has 18 heavy (non-hydrogen) atoms. The molecule has 1 fully saturated rings. The second-order valence-electron chi connectivity index (χ2n) is 3.58. The lowest BCUT2D eigenvalue weighted by Crippen LogP contribution is -2.46. The predicted molar refractivity (Wildman–Crippen MR) is 56.6 cm³/mol. The van der Waals surface area contributed by atoms with Crippen LogP contribution in [0.4, 0.5) is 18.0 Å². The standard InChI is InChI=1S/C9H10F3N3O2S/c10-9(11,12)6-5-18-7(14-6)4-13-15-2-1-3-17-8(15)16/h5,13H,1-4H2. The Bertz CT molecular complexity index is 435. The molecule has 1 saturated heterocycles. The highest BCUT2D eigenvalue weighted by Crippen LogP contribution is 2.29. The number of cyclic esters (lactones) is 1. The van der Waals surface area contributed by atoms with Crippen LogP contribution in [0.5, 0.6) is 0 Å². The second kappa shape index (κ2) is 5.11. The van der Waals surface area contributed by atoms with Gasteiger partial charge in [-0.15, -0.1) is 11.3 Å². The van der Waals surface area contributed by atoms with Gasteiger partial charge in [-0.05, 0) is 0 Å². The summed E-state index contributed by atoms with van der Waals surface area (Å²) in [5.74, 6) is 0. The van der Waals surface area contributed by atoms with Crippen molar-refractivity contribution in [3.8, 4) is 0 Å². The number of carbonyl (C=O) groups excluding carboxylic acids is 1. The van der Waals surface area contributed by atoms with E-state index in [0.717, 1.165) is 16.7 Å². The monoisotopic (exact) mass is 281 g/mol. The quantitative estimate of drug-likeness (QED) is 0.920. The Morgan fingerprint density at radius 3 is 2.94 bits per heavy atom. The van der Waals surface area contributed by atoms with Crippen LogP contribution < -0.4 is 5.43 Å². The molecular formula is C9H10F3N3O2S. The zero-order chi connectivity index (χ0) is 13.2. The number of halogens is 3. The smallest absolute Gasteiger partial charge is 0.434 e. The Kier molecular flexibility index (Phi) is 3.71. The molecule has 5 nitrogen and oxygen atoms in total. The van der Waals surface area contributed by atoms with E-state index in [1.807, 2.05) is 0 Å². The molecule has 0 bridgehead atoms. The van der Waals surface area contributed by atoms with E-state index in [0.29, 0.717) is 19.6 Å². The van der Waals surface area contributed by atoms with E-state index in [9.17, 15) is 18.0 Å². The Hall–Kier alpha value is -1.35. The van der Waals surface area contributed by atoms with Crippen molar-refractivity contribution in [2.75, 3.05) is 13.2 Å². The summed E-state index contributed by atoms with van der Waals surface area (Å²) in [5.41, 5.74) is 1.78. The summed E-state index contributed by atoms with van der Waals surface area (Å²) >= 11 is 0.894. The van der Waals surface area contributed by atoms with Crippen molar-refractivity contribution in [1.29, 1.82) is 0 Å². The van der Waals surface area contributed by atoms with E-state index in [1.165, 1.54) is 5.01 Å². The maximum absolute atomic E-state index is 12.3. The number of thiazole rings is 1. The summed E-state index contributed by atoms with van der Waals surface area (Å²) < 4.78 is 41.7. The van der Waals surface area contributed by atoms with Crippen molar-refractivity contribution >= 4 is 17.4 Å². The first kappa shape index (κ1) is 13.1. The minimum absolute atomic E-state index is 0.0653. The molecule has 1 amide bonds.